The summed E-state index contributed by atoms with van der Waals surface area (Å²) in [4.78, 5) is 12.6. The summed E-state index contributed by atoms with van der Waals surface area (Å²) >= 11 is 0. The first-order valence-corrected chi connectivity index (χ1v) is 6.16. The fraction of sp³-hybridized carbons (Fsp3) is 0. The van der Waals surface area contributed by atoms with Crippen LogP contribution in [0.5, 0.6) is 0 Å². The Morgan fingerprint density at radius 3 is 1.80 bits per heavy atom. The number of nitroso groups, excluding NO2 is 1. The molecule has 4 heterocycles. The third-order valence-corrected chi connectivity index (χ3v) is 3.25. The Morgan fingerprint density at radius 2 is 1.30 bits per heavy atom. The van der Waals surface area contributed by atoms with Crippen molar-refractivity contribution in [2.24, 2.45) is 0 Å². The lowest BCUT2D eigenvalue weighted by Gasteiger charge is -1.91. The lowest BCUT2D eigenvalue weighted by atomic mass is 10.3. The number of nitrogens with zero attached hydrogens (tertiary/aromatic N) is 5. The van der Waals surface area contributed by atoms with Crippen molar-refractivity contribution in [1.82, 2.24) is 24.0 Å². The van der Waals surface area contributed by atoms with Crippen LogP contribution in [0.2, 0.25) is 0 Å². The maximum atomic E-state index is 12.6. The first kappa shape index (κ1) is 10.9. The monoisotopic (exact) mass is 264 g/mol. The van der Waals surface area contributed by atoms with Gasteiger partial charge in [-0.15, -0.1) is 0 Å². The van der Waals surface area contributed by atoms with Gasteiger partial charge in [-0.1, -0.05) is 12.1 Å². The van der Waals surface area contributed by atoms with E-state index in [9.17, 15) is 4.91 Å². The molecule has 0 N–H and O–H groups in total. The van der Waals surface area contributed by atoms with Crippen LogP contribution < -0.4 is 4.76 Å². The summed E-state index contributed by atoms with van der Waals surface area (Å²) in [5.41, 5.74) is 2.53. The normalized spacial score (nSPS) is 11.2. The summed E-state index contributed by atoms with van der Waals surface area (Å²) < 4.78 is 4.21. The molecule has 0 aliphatic carbocycles. The summed E-state index contributed by atoms with van der Waals surface area (Å²) in [6.45, 7) is 0. The summed E-state index contributed by atoms with van der Waals surface area (Å²) in [5.74, 6) is 0. The number of pyridine rings is 2. The van der Waals surface area contributed by atoms with Crippen LogP contribution in [0.1, 0.15) is 0 Å². The SMILES string of the molecule is O=[N+](c1cnn2ccccc12)c1cnn2ccccc12. The predicted molar refractivity (Wildman–Crippen MR) is 75.2 cm³/mol. The Bertz CT molecular complexity index is 861. The molecule has 0 saturated heterocycles. The van der Waals surface area contributed by atoms with Crippen LogP contribution in [0, 0.1) is 4.91 Å². The van der Waals surface area contributed by atoms with Gasteiger partial charge in [0, 0.05) is 17.3 Å². The summed E-state index contributed by atoms with van der Waals surface area (Å²) in [6.07, 6.45) is 6.75. The van der Waals surface area contributed by atoms with Gasteiger partial charge in [-0.25, -0.2) is 9.03 Å². The van der Waals surface area contributed by atoms with Gasteiger partial charge in [-0.05, 0) is 24.3 Å². The van der Waals surface area contributed by atoms with E-state index in [0.717, 1.165) is 15.8 Å². The van der Waals surface area contributed by atoms with E-state index in [0.29, 0.717) is 11.4 Å². The third-order valence-electron chi connectivity index (χ3n) is 3.25. The van der Waals surface area contributed by atoms with E-state index < -0.39 is 0 Å². The number of aromatic nitrogens is 4. The Hall–Kier alpha value is -3.02. The van der Waals surface area contributed by atoms with Crippen molar-refractivity contribution in [3.05, 3.63) is 66.1 Å². The molecule has 0 aliphatic heterocycles. The summed E-state index contributed by atoms with van der Waals surface area (Å²) in [7, 11) is 0. The lowest BCUT2D eigenvalue weighted by Crippen LogP contribution is -1.97. The minimum Gasteiger partial charge on any atom is -0.234 e. The maximum absolute atomic E-state index is 12.6. The van der Waals surface area contributed by atoms with Crippen LogP contribution in [0.15, 0.2) is 61.2 Å². The van der Waals surface area contributed by atoms with Crippen molar-refractivity contribution in [1.29, 1.82) is 0 Å². The largest absolute Gasteiger partial charge is 0.309 e. The van der Waals surface area contributed by atoms with Gasteiger partial charge in [0.1, 0.15) is 23.4 Å². The molecule has 0 atom stereocenters. The molecule has 20 heavy (non-hydrogen) atoms. The Labute approximate surface area is 113 Å². The average Bonchev–Trinajstić information content (AvgIpc) is 3.11. The molecule has 0 saturated carbocycles. The molecule has 0 spiro atoms. The number of hydrogen-bond acceptors (Lipinski definition) is 3. The van der Waals surface area contributed by atoms with Crippen molar-refractivity contribution in [2.75, 3.05) is 0 Å². The standard InChI is InChI=1S/C14H10N5O/c20-19(13-9-15-17-7-3-1-5-11(13)17)14-10-16-18-8-4-2-6-12(14)18/h1-10H/q+1. The highest BCUT2D eigenvalue weighted by Gasteiger charge is 2.26. The molecule has 0 radical (unpaired) electrons. The van der Waals surface area contributed by atoms with Crippen LogP contribution in [0.3, 0.4) is 0 Å². The molecule has 96 valence electrons. The molecule has 6 nitrogen and oxygen atoms in total. The summed E-state index contributed by atoms with van der Waals surface area (Å²) in [6, 6.07) is 11.2. The fourth-order valence-corrected chi connectivity index (χ4v) is 2.28. The molecule has 6 heteroatoms. The molecule has 0 bridgehead atoms. The molecule has 4 rings (SSSR count). The second kappa shape index (κ2) is 3.99. The highest BCUT2D eigenvalue weighted by Crippen LogP contribution is 2.27. The molecule has 4 aromatic heterocycles. The van der Waals surface area contributed by atoms with Crippen LogP contribution in [0.4, 0.5) is 11.4 Å². The predicted octanol–water partition coefficient (Wildman–Crippen LogP) is 2.58. The second-order valence-corrected chi connectivity index (χ2v) is 4.41. The minimum atomic E-state index is 0.504. The first-order valence-electron chi connectivity index (χ1n) is 6.16. The van der Waals surface area contributed by atoms with Crippen molar-refractivity contribution < 1.29 is 0 Å². The van der Waals surface area contributed by atoms with Gasteiger partial charge in [0.15, 0.2) is 0 Å². The highest BCUT2D eigenvalue weighted by atomic mass is 16.3. The van der Waals surface area contributed by atoms with Crippen molar-refractivity contribution in [2.45, 2.75) is 0 Å². The zero-order chi connectivity index (χ0) is 13.5. The van der Waals surface area contributed by atoms with Gasteiger partial charge in [0.2, 0.25) is 0 Å². The van der Waals surface area contributed by atoms with Crippen LogP contribution in [0.25, 0.3) is 11.0 Å². The van der Waals surface area contributed by atoms with Gasteiger partial charge in [0.05, 0.1) is 4.76 Å². The second-order valence-electron chi connectivity index (χ2n) is 4.41. The fourth-order valence-electron chi connectivity index (χ4n) is 2.28. The molecule has 0 amide bonds. The lowest BCUT2D eigenvalue weighted by molar-refractivity contribution is 0.961. The Balaban J connectivity index is 1.92. The van der Waals surface area contributed by atoms with Crippen molar-refractivity contribution in [3.8, 4) is 0 Å². The molecule has 0 fully saturated rings. The van der Waals surface area contributed by atoms with Gasteiger partial charge in [0.25, 0.3) is 0 Å². The van der Waals surface area contributed by atoms with E-state index in [1.165, 1.54) is 0 Å². The molecular formula is C14H10N5O+. The van der Waals surface area contributed by atoms with Crippen LogP contribution in [-0.2, 0) is 0 Å². The van der Waals surface area contributed by atoms with Crippen LogP contribution >= 0.6 is 0 Å². The molecule has 0 aromatic carbocycles. The highest BCUT2D eigenvalue weighted by molar-refractivity contribution is 5.77. The van der Waals surface area contributed by atoms with E-state index in [1.54, 1.807) is 21.4 Å². The van der Waals surface area contributed by atoms with E-state index in [4.69, 9.17) is 0 Å². The van der Waals surface area contributed by atoms with Crippen molar-refractivity contribution in [3.63, 3.8) is 0 Å². The maximum Gasteiger partial charge on any atom is 0.309 e. The average molecular weight is 264 g/mol. The van der Waals surface area contributed by atoms with E-state index in [-0.39, 0.29) is 0 Å². The van der Waals surface area contributed by atoms with Gasteiger partial charge in [-0.3, -0.25) is 0 Å². The quantitative estimate of drug-likeness (QED) is 0.523. The van der Waals surface area contributed by atoms with E-state index >= 15 is 0 Å². The molecular weight excluding hydrogens is 254 g/mol. The first-order chi connectivity index (χ1) is 9.84. The summed E-state index contributed by atoms with van der Waals surface area (Å²) in [5, 5.41) is 8.35. The van der Waals surface area contributed by atoms with Crippen molar-refractivity contribution >= 4 is 22.4 Å². The molecule has 0 aliphatic rings. The number of rotatable bonds is 2. The van der Waals surface area contributed by atoms with Gasteiger partial charge in [-0.2, -0.15) is 10.2 Å². The minimum absolute atomic E-state index is 0.504. The molecule has 4 aromatic rings. The zero-order valence-electron chi connectivity index (χ0n) is 10.4. The smallest absolute Gasteiger partial charge is 0.234 e. The number of fused-ring (bicyclic) bond motifs is 2. The van der Waals surface area contributed by atoms with Gasteiger partial charge >= 0.3 is 11.4 Å². The van der Waals surface area contributed by atoms with E-state index in [1.807, 2.05) is 48.8 Å². The van der Waals surface area contributed by atoms with Crippen LogP contribution in [-0.4, -0.2) is 19.2 Å². The van der Waals surface area contributed by atoms with Gasteiger partial charge < -0.3 is 0 Å². The third kappa shape index (κ3) is 1.45. The number of hydrogen-bond donors (Lipinski definition) is 0. The molecule has 0 unspecified atom stereocenters. The Kier molecular flexibility index (Phi) is 2.17. The van der Waals surface area contributed by atoms with E-state index in [2.05, 4.69) is 10.2 Å². The topological polar surface area (TPSA) is 54.7 Å². The Morgan fingerprint density at radius 1 is 0.800 bits per heavy atom. The zero-order valence-corrected chi connectivity index (χ0v) is 10.4.